The Balaban J connectivity index is 1.67. The third-order valence-electron chi connectivity index (χ3n) is 5.37. The van der Waals surface area contributed by atoms with Crippen molar-refractivity contribution in [1.82, 2.24) is 15.1 Å². The van der Waals surface area contributed by atoms with Gasteiger partial charge in [0.2, 0.25) is 6.41 Å². The number of halogens is 3. The molecule has 0 saturated heterocycles. The summed E-state index contributed by atoms with van der Waals surface area (Å²) in [5.74, 6) is -6.67. The number of hydrogen-bond acceptors (Lipinski definition) is 9. The average molecular weight is 604 g/mol. The molecule has 0 bridgehead atoms. The number of anilines is 2. The molecule has 2 aromatic carbocycles. The highest BCUT2D eigenvalue weighted by atomic mass is 35.5. The van der Waals surface area contributed by atoms with E-state index in [0.29, 0.717) is 0 Å². The lowest BCUT2D eigenvalue weighted by molar-refractivity contribution is -0.146. The summed E-state index contributed by atoms with van der Waals surface area (Å²) in [5.41, 5.74) is -0.383. The van der Waals surface area contributed by atoms with Crippen molar-refractivity contribution in [1.29, 1.82) is 0 Å². The first-order valence-corrected chi connectivity index (χ1v) is 12.0. The summed E-state index contributed by atoms with van der Waals surface area (Å²) in [6.45, 7) is 0. The summed E-state index contributed by atoms with van der Waals surface area (Å²) >= 11 is 18.5. The van der Waals surface area contributed by atoms with Gasteiger partial charge in [-0.1, -0.05) is 40.9 Å². The molecule has 0 saturated carbocycles. The number of nitrogens with one attached hydrogen (secondary N) is 1. The Kier molecular flexibility index (Phi) is 8.18. The zero-order valence-corrected chi connectivity index (χ0v) is 21.9. The van der Waals surface area contributed by atoms with Crippen LogP contribution in [-0.4, -0.2) is 57.6 Å². The van der Waals surface area contributed by atoms with Gasteiger partial charge in [0.05, 0.1) is 15.7 Å². The van der Waals surface area contributed by atoms with E-state index in [2.05, 4.69) is 15.5 Å². The molecule has 0 radical (unpaired) electrons. The Morgan fingerprint density at radius 2 is 1.70 bits per heavy atom. The first-order chi connectivity index (χ1) is 19.1. The number of hydrogen-bond donors (Lipinski definition) is 1. The number of carbonyl (C=O) groups excluding carboxylic acids is 7. The van der Waals surface area contributed by atoms with Crippen LogP contribution in [0, 0.1) is 0 Å². The van der Waals surface area contributed by atoms with Crippen molar-refractivity contribution in [3.8, 4) is 0 Å². The molecular weight excluding hydrogens is 591 g/mol. The van der Waals surface area contributed by atoms with E-state index in [-0.39, 0.29) is 55.4 Å². The zero-order chi connectivity index (χ0) is 29.1. The molecule has 4 rings (SSSR count). The summed E-state index contributed by atoms with van der Waals surface area (Å²) in [4.78, 5) is 84.3. The van der Waals surface area contributed by atoms with Crippen molar-refractivity contribution in [3.05, 3.63) is 75.5 Å². The Hall–Kier alpha value is -4.72. The van der Waals surface area contributed by atoms with Gasteiger partial charge in [0.15, 0.2) is 18.2 Å². The SMILES string of the molecule is O=CC(=O)C(=O)C(=O)N(C=O)c1cccc(C(=O)NC2=NN(c3c(Cl)cc(Cl)cc3Cl)C(=O)C2n2cccn2)c1. The second-order valence-electron chi connectivity index (χ2n) is 7.84. The summed E-state index contributed by atoms with van der Waals surface area (Å²) < 4.78 is 1.23. The van der Waals surface area contributed by atoms with E-state index < -0.39 is 35.3 Å². The summed E-state index contributed by atoms with van der Waals surface area (Å²) in [6, 6.07) is 7.86. The van der Waals surface area contributed by atoms with Crippen molar-refractivity contribution in [2.24, 2.45) is 5.10 Å². The largest absolute Gasteiger partial charge is 0.309 e. The number of ketones is 2. The van der Waals surface area contributed by atoms with Crippen LogP contribution in [0.4, 0.5) is 11.4 Å². The number of aldehydes is 1. The molecule has 4 amide bonds. The number of amides is 4. The monoisotopic (exact) mass is 602 g/mol. The summed E-state index contributed by atoms with van der Waals surface area (Å²) in [6.07, 6.45) is 2.45. The molecule has 16 heteroatoms. The number of nitrogens with zero attached hydrogens (tertiary/aromatic N) is 5. The maximum absolute atomic E-state index is 13.4. The van der Waals surface area contributed by atoms with E-state index in [1.807, 2.05) is 0 Å². The van der Waals surface area contributed by atoms with Crippen molar-refractivity contribution in [3.63, 3.8) is 0 Å². The number of aromatic nitrogens is 2. The maximum atomic E-state index is 13.4. The number of imide groups is 1. The lowest BCUT2D eigenvalue weighted by Gasteiger charge is -2.17. The van der Waals surface area contributed by atoms with Crippen LogP contribution in [0.15, 0.2) is 60.0 Å². The van der Waals surface area contributed by atoms with Gasteiger partial charge in [-0.3, -0.25) is 38.2 Å². The van der Waals surface area contributed by atoms with Crippen LogP contribution in [-0.2, 0) is 28.8 Å². The van der Waals surface area contributed by atoms with Crippen LogP contribution >= 0.6 is 34.8 Å². The Labute approximate surface area is 238 Å². The normalized spacial score (nSPS) is 14.4. The lowest BCUT2D eigenvalue weighted by Crippen LogP contribution is -2.40. The zero-order valence-electron chi connectivity index (χ0n) is 19.7. The fourth-order valence-corrected chi connectivity index (χ4v) is 4.56. The fourth-order valence-electron chi connectivity index (χ4n) is 3.59. The van der Waals surface area contributed by atoms with Crippen molar-refractivity contribution < 1.29 is 33.6 Å². The number of amidine groups is 1. The van der Waals surface area contributed by atoms with Gasteiger partial charge in [-0.15, -0.1) is 5.10 Å². The van der Waals surface area contributed by atoms with Crippen LogP contribution in [0.5, 0.6) is 0 Å². The third kappa shape index (κ3) is 5.38. The molecule has 1 unspecified atom stereocenters. The Morgan fingerprint density at radius 1 is 1.00 bits per heavy atom. The first-order valence-electron chi connectivity index (χ1n) is 10.9. The molecule has 0 spiro atoms. The lowest BCUT2D eigenvalue weighted by atomic mass is 10.1. The third-order valence-corrected chi connectivity index (χ3v) is 6.16. The Morgan fingerprint density at radius 3 is 2.30 bits per heavy atom. The van der Waals surface area contributed by atoms with Gasteiger partial charge in [0.1, 0.15) is 5.69 Å². The van der Waals surface area contributed by atoms with Gasteiger partial charge >= 0.3 is 5.91 Å². The van der Waals surface area contributed by atoms with Crippen LogP contribution in [0.2, 0.25) is 15.1 Å². The molecule has 2 heterocycles. The molecular formula is C24H13Cl3N6O7. The molecule has 1 aliphatic heterocycles. The smallest absolute Gasteiger partial charge is 0.306 e. The van der Waals surface area contributed by atoms with Gasteiger partial charge in [-0.05, 0) is 36.4 Å². The summed E-state index contributed by atoms with van der Waals surface area (Å²) in [5, 5.41) is 11.9. The number of rotatable bonds is 8. The highest BCUT2D eigenvalue weighted by Gasteiger charge is 2.41. The van der Waals surface area contributed by atoms with E-state index in [1.54, 1.807) is 6.07 Å². The standard InChI is InChI=1S/C24H13Cl3N6O7/c25-13-8-15(26)18(16(27)9-13)33-23(39)19(32-6-2-5-28-32)21(30-33)29-22(38)12-3-1-4-14(7-12)31(11-35)24(40)20(37)17(36)10-34/h1-11,19H,(H,29,30,38). The molecule has 0 fully saturated rings. The van der Waals surface area contributed by atoms with Crippen LogP contribution in [0.1, 0.15) is 16.4 Å². The topological polar surface area (TPSA) is 168 Å². The minimum atomic E-state index is -1.74. The van der Waals surface area contributed by atoms with Crippen molar-refractivity contribution in [2.45, 2.75) is 6.04 Å². The second kappa shape index (κ2) is 11.6. The van der Waals surface area contributed by atoms with Gasteiger partial charge < -0.3 is 5.32 Å². The molecule has 3 aromatic rings. The predicted molar refractivity (Wildman–Crippen MR) is 141 cm³/mol. The molecule has 202 valence electrons. The van der Waals surface area contributed by atoms with Crippen LogP contribution < -0.4 is 15.2 Å². The molecule has 1 atom stereocenters. The molecule has 0 aliphatic carbocycles. The van der Waals surface area contributed by atoms with Crippen LogP contribution in [0.3, 0.4) is 0 Å². The minimum Gasteiger partial charge on any atom is -0.306 e. The maximum Gasteiger partial charge on any atom is 0.309 e. The van der Waals surface area contributed by atoms with Gasteiger partial charge in [-0.25, -0.2) is 4.90 Å². The quantitative estimate of drug-likeness (QED) is 0.232. The molecule has 13 nitrogen and oxygen atoms in total. The average Bonchev–Trinajstić information content (AvgIpc) is 3.55. The molecule has 1 N–H and O–H groups in total. The number of hydrazone groups is 1. The van der Waals surface area contributed by atoms with Gasteiger partial charge in [0, 0.05) is 23.0 Å². The van der Waals surface area contributed by atoms with Crippen molar-refractivity contribution in [2.75, 3.05) is 9.91 Å². The van der Waals surface area contributed by atoms with E-state index in [9.17, 15) is 33.6 Å². The van der Waals surface area contributed by atoms with Gasteiger partial charge in [-0.2, -0.15) is 10.1 Å². The molecule has 40 heavy (non-hydrogen) atoms. The second-order valence-corrected chi connectivity index (χ2v) is 9.09. The fraction of sp³-hybridized carbons (Fsp3) is 0.0417. The van der Waals surface area contributed by atoms with E-state index >= 15 is 0 Å². The van der Waals surface area contributed by atoms with E-state index in [0.717, 1.165) is 11.1 Å². The number of Topliss-reactive ketones (excluding diaryl/α,β-unsaturated/α-hetero) is 2. The Bertz CT molecular complexity index is 1600. The van der Waals surface area contributed by atoms with Crippen molar-refractivity contribution >= 4 is 94.0 Å². The number of carbonyl (C=O) groups is 7. The number of benzene rings is 2. The highest BCUT2D eigenvalue weighted by Crippen LogP contribution is 2.39. The van der Waals surface area contributed by atoms with Gasteiger partial charge in [0.25, 0.3) is 23.4 Å². The molecule has 1 aliphatic rings. The summed E-state index contributed by atoms with van der Waals surface area (Å²) in [7, 11) is 0. The minimum absolute atomic E-state index is 0.00956. The predicted octanol–water partition coefficient (Wildman–Crippen LogP) is 2.00. The van der Waals surface area contributed by atoms with E-state index in [4.69, 9.17) is 34.8 Å². The first kappa shape index (κ1) is 28.3. The van der Waals surface area contributed by atoms with E-state index in [1.165, 1.54) is 47.4 Å². The highest BCUT2D eigenvalue weighted by molar-refractivity contribution is 6.76. The van der Waals surface area contributed by atoms with Crippen LogP contribution in [0.25, 0.3) is 0 Å². The molecule has 1 aromatic heterocycles.